The van der Waals surface area contributed by atoms with Gasteiger partial charge in [0.25, 0.3) is 0 Å². The third-order valence-corrected chi connectivity index (χ3v) is 3.36. The molecule has 0 bridgehead atoms. The molecule has 0 amide bonds. The van der Waals surface area contributed by atoms with Gasteiger partial charge in [-0.05, 0) is 31.7 Å². The zero-order chi connectivity index (χ0) is 31.9. The van der Waals surface area contributed by atoms with E-state index in [1.54, 1.807) is 0 Å². The van der Waals surface area contributed by atoms with Crippen LogP contribution in [0, 0.1) is 0 Å². The van der Waals surface area contributed by atoms with E-state index >= 15 is 0 Å². The van der Waals surface area contributed by atoms with E-state index in [-0.39, 0.29) is 0 Å². The first-order valence-corrected chi connectivity index (χ1v) is 7.42. The number of benzene rings is 2. The average Bonchev–Trinajstić information content (AvgIpc) is 2.86. The Bertz CT molecular complexity index is 1300. The number of likely N-dealkylation sites (tertiary alicyclic amines) is 1. The number of hydrogen-bond donors (Lipinski definition) is 1. The van der Waals surface area contributed by atoms with Crippen molar-refractivity contribution in [2.75, 3.05) is 6.98 Å². The number of rotatable bonds is 6. The number of nitrogens with zero attached hydrogens (tertiary/aromatic N) is 1. The van der Waals surface area contributed by atoms with Crippen LogP contribution in [0.4, 0.5) is 0 Å². The molecule has 0 unspecified atom stereocenters. The molecular formula is C22H27NO2. The summed E-state index contributed by atoms with van der Waals surface area (Å²) in [6.07, 6.45) is -25.0. The summed E-state index contributed by atoms with van der Waals surface area (Å²) in [5.74, 6) is -1.74. The predicted molar refractivity (Wildman–Crippen MR) is 101 cm³/mol. The van der Waals surface area contributed by atoms with Crippen LogP contribution < -0.4 is 0 Å². The van der Waals surface area contributed by atoms with Crippen LogP contribution in [0.15, 0.2) is 60.7 Å². The fraction of sp³-hybridized carbons (Fsp3) is 0.409. The van der Waals surface area contributed by atoms with Crippen molar-refractivity contribution in [3.63, 3.8) is 0 Å². The maximum absolute atomic E-state index is 13.5. The predicted octanol–water partition coefficient (Wildman–Crippen LogP) is 4.24. The van der Waals surface area contributed by atoms with Crippen LogP contribution in [-0.4, -0.2) is 34.8 Å². The Kier molecular flexibility index (Phi) is 2.23. The van der Waals surface area contributed by atoms with Gasteiger partial charge >= 0.3 is 0 Å². The largest absolute Gasteiger partial charge is 0.388 e. The van der Waals surface area contributed by atoms with E-state index in [0.717, 1.165) is 24.3 Å². The van der Waals surface area contributed by atoms with Crippen molar-refractivity contribution in [3.8, 4) is 0 Å². The minimum atomic E-state index is -4.47. The number of carbonyl (C=O) groups is 1. The maximum atomic E-state index is 13.5. The summed E-state index contributed by atoms with van der Waals surface area (Å²) in [5.41, 5.74) is -1.16. The van der Waals surface area contributed by atoms with Gasteiger partial charge in [0.2, 0.25) is 0 Å². The Hall–Kier alpha value is -1.97. The number of aliphatic hydroxyl groups is 1. The summed E-state index contributed by atoms with van der Waals surface area (Å²) in [6.45, 7) is -4.19. The first-order chi connectivity index (χ1) is 18.2. The van der Waals surface area contributed by atoms with E-state index in [2.05, 4.69) is 0 Å². The smallest absolute Gasteiger partial charge is 0.164 e. The highest BCUT2D eigenvalue weighted by molar-refractivity contribution is 5.96. The van der Waals surface area contributed by atoms with Crippen LogP contribution in [0.1, 0.15) is 75.8 Å². The molecule has 0 aromatic heterocycles. The molecule has 2 aromatic carbocycles. The summed E-state index contributed by atoms with van der Waals surface area (Å²) in [4.78, 5) is 12.6. The molecular weight excluding hydrogens is 310 g/mol. The van der Waals surface area contributed by atoms with Gasteiger partial charge in [-0.3, -0.25) is 9.69 Å². The highest BCUT2D eigenvalue weighted by Gasteiger charge is 2.30. The van der Waals surface area contributed by atoms with Gasteiger partial charge < -0.3 is 5.11 Å². The highest BCUT2D eigenvalue weighted by Crippen LogP contribution is 2.30. The van der Waals surface area contributed by atoms with Crippen LogP contribution in [0.3, 0.4) is 0 Å². The van der Waals surface area contributed by atoms with Gasteiger partial charge in [0.15, 0.2) is 5.78 Å². The minimum absolute atomic E-state index is 0.514. The van der Waals surface area contributed by atoms with Crippen molar-refractivity contribution in [2.24, 2.45) is 0 Å². The maximum Gasteiger partial charge on any atom is 0.164 e. The van der Waals surface area contributed by atoms with Crippen molar-refractivity contribution in [1.82, 2.24) is 4.90 Å². The molecule has 3 atom stereocenters. The zero-order valence-corrected chi connectivity index (χ0v) is 13.1. The first kappa shape index (κ1) is 6.64. The van der Waals surface area contributed by atoms with Crippen molar-refractivity contribution < 1.29 is 31.8 Å². The monoisotopic (exact) mass is 353 g/mol. The Labute approximate surface area is 172 Å². The number of ketones is 1. The molecule has 25 heavy (non-hydrogen) atoms. The van der Waals surface area contributed by atoms with E-state index in [1.807, 2.05) is 0 Å². The molecule has 3 heteroatoms. The number of piperidine rings is 1. The molecule has 132 valence electrons. The fourth-order valence-electron chi connectivity index (χ4n) is 2.10. The summed E-state index contributed by atoms with van der Waals surface area (Å²) in [6, 6.07) is 2.96. The highest BCUT2D eigenvalue weighted by atomic mass is 16.3. The van der Waals surface area contributed by atoms with Gasteiger partial charge in [-0.25, -0.2) is 0 Å². The van der Waals surface area contributed by atoms with Crippen LogP contribution >= 0.6 is 0 Å². The SMILES string of the molecule is [2H]C([2H])([2H])N1[C@@]([2H])(C([2H])([2H])C(=O)c2ccccc2)C([2H])([2H])C([2H])([2H])C([2H])([2H])[C@@]1([2H])C([2H])([2H])[C@@]([2H])(O)c1ccccc1. The van der Waals surface area contributed by atoms with Crippen LogP contribution in [0.25, 0.3) is 0 Å². The first-order valence-electron chi connectivity index (χ1n) is 15.4. The lowest BCUT2D eigenvalue weighted by atomic mass is 9.88. The molecule has 1 N–H and O–H groups in total. The van der Waals surface area contributed by atoms with Gasteiger partial charge in [0.1, 0.15) is 0 Å². The third kappa shape index (κ3) is 4.56. The molecule has 0 aliphatic carbocycles. The van der Waals surface area contributed by atoms with Crippen LogP contribution in [-0.2, 0) is 0 Å². The average molecular weight is 354 g/mol. The lowest BCUT2D eigenvalue weighted by Gasteiger charge is -2.40. The minimum Gasteiger partial charge on any atom is -0.388 e. The molecule has 1 aliphatic heterocycles. The molecule has 0 spiro atoms. The Balaban J connectivity index is 2.54. The second-order valence-corrected chi connectivity index (χ2v) is 5.07. The molecule has 3 rings (SSSR count). The van der Waals surface area contributed by atoms with Crippen LogP contribution in [0.5, 0.6) is 0 Å². The van der Waals surface area contributed by atoms with Gasteiger partial charge in [-0.1, -0.05) is 67.0 Å². The van der Waals surface area contributed by atoms with E-state index < -0.39 is 78.8 Å². The van der Waals surface area contributed by atoms with E-state index in [1.165, 1.54) is 36.4 Å². The van der Waals surface area contributed by atoms with Crippen molar-refractivity contribution in [3.05, 3.63) is 71.8 Å². The van der Waals surface area contributed by atoms with Crippen molar-refractivity contribution in [2.45, 2.75) is 50.0 Å². The third-order valence-electron chi connectivity index (χ3n) is 3.36. The Morgan fingerprint density at radius 2 is 1.92 bits per heavy atom. The summed E-state index contributed by atoms with van der Waals surface area (Å²) < 4.78 is 137. The second-order valence-electron chi connectivity index (χ2n) is 5.07. The molecule has 3 nitrogen and oxygen atoms in total. The van der Waals surface area contributed by atoms with E-state index in [4.69, 9.17) is 21.9 Å². The van der Waals surface area contributed by atoms with E-state index in [0.29, 0.717) is 0 Å². The molecule has 1 fully saturated rings. The van der Waals surface area contributed by atoms with Crippen molar-refractivity contribution in [1.29, 1.82) is 0 Å². The summed E-state index contributed by atoms with van der Waals surface area (Å²) in [5, 5.41) is 11.2. The standard InChI is InChI=1S/C22H27NO2/c1-23-19(15-21(24)17-9-4-2-5-10-17)13-8-14-20(23)16-22(25)18-11-6-3-7-12-18/h2-7,9-12,19-21,24H,8,13-16H2,1H3/t19-,20+,21+/m0/s1/i1D3,8D2,13D2,14D2,15D2,16D2,19D,20D,21D. The lowest BCUT2D eigenvalue weighted by molar-refractivity contribution is 0.0549. The Morgan fingerprint density at radius 3 is 2.60 bits per heavy atom. The molecule has 1 heterocycles. The van der Waals surface area contributed by atoms with Crippen molar-refractivity contribution >= 4 is 5.78 Å². The normalized spacial score (nSPS) is 46.8. The van der Waals surface area contributed by atoms with Gasteiger partial charge in [-0.2, -0.15) is 0 Å². The van der Waals surface area contributed by atoms with E-state index in [9.17, 15) is 9.90 Å². The molecule has 1 saturated heterocycles. The quantitative estimate of drug-likeness (QED) is 0.790. The molecule has 0 saturated carbocycles. The number of carbonyl (C=O) groups excluding carboxylic acids is 1. The topological polar surface area (TPSA) is 40.5 Å². The van der Waals surface area contributed by atoms with Crippen LogP contribution in [0.2, 0.25) is 0 Å². The van der Waals surface area contributed by atoms with Gasteiger partial charge in [0, 0.05) is 44.5 Å². The number of Topliss-reactive ketones (excluding diaryl/α,β-unsaturated/α-hetero) is 1. The second kappa shape index (κ2) is 8.41. The lowest BCUT2D eigenvalue weighted by Crippen LogP contribution is -2.45. The molecule has 1 aliphatic rings. The van der Waals surface area contributed by atoms with Gasteiger partial charge in [-0.15, -0.1) is 0 Å². The van der Waals surface area contributed by atoms with Gasteiger partial charge in [0.05, 0.1) is 7.45 Å². The Morgan fingerprint density at radius 1 is 1.28 bits per heavy atom. The number of hydrogen-bond acceptors (Lipinski definition) is 3. The molecule has 0 radical (unpaired) electrons. The summed E-state index contributed by atoms with van der Waals surface area (Å²) in [7, 11) is 0. The zero-order valence-electron chi connectivity index (χ0n) is 29.1. The summed E-state index contributed by atoms with van der Waals surface area (Å²) >= 11 is 0. The fourth-order valence-corrected chi connectivity index (χ4v) is 2.10. The molecule has 2 aromatic rings.